The van der Waals surface area contributed by atoms with Gasteiger partial charge in [-0.1, -0.05) is 41.4 Å². The summed E-state index contributed by atoms with van der Waals surface area (Å²) in [5.41, 5.74) is 1.98. The molecule has 0 saturated carbocycles. The zero-order chi connectivity index (χ0) is 15.7. The SMILES string of the molecule is Cc1ccc(S(=O)(=O)Nc2cccc3cc(Cl)cnc23)cc1. The third-order valence-corrected chi connectivity index (χ3v) is 4.84. The van der Waals surface area contributed by atoms with E-state index in [1.165, 1.54) is 6.20 Å². The zero-order valence-corrected chi connectivity index (χ0v) is 13.3. The van der Waals surface area contributed by atoms with E-state index in [4.69, 9.17) is 11.6 Å². The summed E-state index contributed by atoms with van der Waals surface area (Å²) in [6, 6.07) is 13.7. The molecule has 4 nitrogen and oxygen atoms in total. The predicted molar refractivity (Wildman–Crippen MR) is 88.7 cm³/mol. The topological polar surface area (TPSA) is 59.1 Å². The summed E-state index contributed by atoms with van der Waals surface area (Å²) >= 11 is 5.91. The molecule has 0 unspecified atom stereocenters. The minimum absolute atomic E-state index is 0.212. The quantitative estimate of drug-likeness (QED) is 0.788. The second kappa shape index (κ2) is 5.59. The maximum Gasteiger partial charge on any atom is 0.261 e. The molecule has 6 heteroatoms. The van der Waals surface area contributed by atoms with Crippen LogP contribution in [-0.2, 0) is 10.0 Å². The van der Waals surface area contributed by atoms with Crippen molar-refractivity contribution in [3.63, 3.8) is 0 Å². The summed E-state index contributed by atoms with van der Waals surface area (Å²) in [5.74, 6) is 0. The van der Waals surface area contributed by atoms with Crippen LogP contribution in [0.1, 0.15) is 5.56 Å². The van der Waals surface area contributed by atoms with Gasteiger partial charge in [-0.05, 0) is 31.2 Å². The molecule has 0 aliphatic heterocycles. The van der Waals surface area contributed by atoms with Crippen molar-refractivity contribution in [2.45, 2.75) is 11.8 Å². The van der Waals surface area contributed by atoms with Gasteiger partial charge >= 0.3 is 0 Å². The minimum Gasteiger partial charge on any atom is -0.277 e. The molecule has 2 aromatic carbocycles. The number of anilines is 1. The average molecular weight is 333 g/mol. The molecule has 0 fully saturated rings. The van der Waals surface area contributed by atoms with Crippen LogP contribution >= 0.6 is 11.6 Å². The summed E-state index contributed by atoms with van der Waals surface area (Å²) in [6.07, 6.45) is 1.49. The van der Waals surface area contributed by atoms with Crippen molar-refractivity contribution in [2.75, 3.05) is 4.72 Å². The fourth-order valence-electron chi connectivity index (χ4n) is 2.14. The monoisotopic (exact) mass is 332 g/mol. The van der Waals surface area contributed by atoms with Gasteiger partial charge in [0.2, 0.25) is 0 Å². The average Bonchev–Trinajstić information content (AvgIpc) is 2.47. The number of sulfonamides is 1. The van der Waals surface area contributed by atoms with Gasteiger partial charge < -0.3 is 0 Å². The third kappa shape index (κ3) is 2.91. The largest absolute Gasteiger partial charge is 0.277 e. The Hall–Kier alpha value is -2.11. The molecule has 1 N–H and O–H groups in total. The molecule has 0 amide bonds. The van der Waals surface area contributed by atoms with Crippen molar-refractivity contribution < 1.29 is 8.42 Å². The fraction of sp³-hybridized carbons (Fsp3) is 0.0625. The zero-order valence-electron chi connectivity index (χ0n) is 11.7. The third-order valence-electron chi connectivity index (χ3n) is 3.25. The van der Waals surface area contributed by atoms with E-state index in [1.807, 2.05) is 13.0 Å². The molecule has 22 heavy (non-hydrogen) atoms. The van der Waals surface area contributed by atoms with Gasteiger partial charge in [0.05, 0.1) is 21.1 Å². The van der Waals surface area contributed by atoms with E-state index in [-0.39, 0.29) is 4.90 Å². The highest BCUT2D eigenvalue weighted by Gasteiger charge is 2.15. The number of hydrogen-bond acceptors (Lipinski definition) is 3. The van der Waals surface area contributed by atoms with Gasteiger partial charge in [-0.2, -0.15) is 0 Å². The van der Waals surface area contributed by atoms with Crippen LogP contribution in [0.3, 0.4) is 0 Å². The fourth-order valence-corrected chi connectivity index (χ4v) is 3.37. The Morgan fingerprint density at radius 3 is 2.55 bits per heavy atom. The number of fused-ring (bicyclic) bond motifs is 1. The van der Waals surface area contributed by atoms with Crippen LogP contribution in [0.2, 0.25) is 5.02 Å². The highest BCUT2D eigenvalue weighted by Crippen LogP contribution is 2.26. The van der Waals surface area contributed by atoms with Crippen molar-refractivity contribution in [1.29, 1.82) is 0 Å². The lowest BCUT2D eigenvalue weighted by Crippen LogP contribution is -2.13. The number of halogens is 1. The van der Waals surface area contributed by atoms with Crippen LogP contribution in [0.25, 0.3) is 10.9 Å². The molecule has 0 spiro atoms. The van der Waals surface area contributed by atoms with Gasteiger partial charge in [0, 0.05) is 11.6 Å². The van der Waals surface area contributed by atoms with Gasteiger partial charge in [0.15, 0.2) is 0 Å². The van der Waals surface area contributed by atoms with Gasteiger partial charge in [0.25, 0.3) is 10.0 Å². The lowest BCUT2D eigenvalue weighted by Gasteiger charge is -2.10. The lowest BCUT2D eigenvalue weighted by atomic mass is 10.2. The van der Waals surface area contributed by atoms with E-state index >= 15 is 0 Å². The van der Waals surface area contributed by atoms with Crippen LogP contribution in [0.15, 0.2) is 59.6 Å². The number of aromatic nitrogens is 1. The summed E-state index contributed by atoms with van der Waals surface area (Å²) in [6.45, 7) is 1.90. The molecule has 0 aliphatic rings. The maximum atomic E-state index is 12.5. The lowest BCUT2D eigenvalue weighted by molar-refractivity contribution is 0.601. The van der Waals surface area contributed by atoms with Crippen molar-refractivity contribution in [3.05, 3.63) is 65.3 Å². The molecule has 1 aromatic heterocycles. The number of pyridine rings is 1. The van der Waals surface area contributed by atoms with Crippen LogP contribution in [0, 0.1) is 6.92 Å². The van der Waals surface area contributed by atoms with Crippen LogP contribution in [0.4, 0.5) is 5.69 Å². The first-order valence-electron chi connectivity index (χ1n) is 6.59. The number of nitrogens with one attached hydrogen (secondary N) is 1. The normalized spacial score (nSPS) is 11.5. The Labute approximate surface area is 133 Å². The van der Waals surface area contributed by atoms with Crippen molar-refractivity contribution >= 4 is 38.2 Å². The number of rotatable bonds is 3. The van der Waals surface area contributed by atoms with E-state index < -0.39 is 10.0 Å². The Morgan fingerprint density at radius 1 is 1.09 bits per heavy atom. The molecule has 0 bridgehead atoms. The van der Waals surface area contributed by atoms with Gasteiger partial charge in [-0.25, -0.2) is 8.42 Å². The van der Waals surface area contributed by atoms with Crippen LogP contribution < -0.4 is 4.72 Å². The Balaban J connectivity index is 2.04. The molecule has 3 aromatic rings. The Morgan fingerprint density at radius 2 is 1.82 bits per heavy atom. The molecule has 0 aliphatic carbocycles. The summed E-state index contributed by atoms with van der Waals surface area (Å²) < 4.78 is 27.5. The first-order valence-corrected chi connectivity index (χ1v) is 8.45. The van der Waals surface area contributed by atoms with Crippen molar-refractivity contribution in [2.24, 2.45) is 0 Å². The van der Waals surface area contributed by atoms with Gasteiger partial charge in [0.1, 0.15) is 0 Å². The van der Waals surface area contributed by atoms with Gasteiger partial charge in [-0.15, -0.1) is 0 Å². The number of para-hydroxylation sites is 1. The number of nitrogens with zero attached hydrogens (tertiary/aromatic N) is 1. The molecular weight excluding hydrogens is 320 g/mol. The van der Waals surface area contributed by atoms with E-state index in [0.717, 1.165) is 10.9 Å². The molecule has 112 valence electrons. The smallest absolute Gasteiger partial charge is 0.261 e. The molecular formula is C16H13ClN2O2S. The van der Waals surface area contributed by atoms with Crippen LogP contribution in [-0.4, -0.2) is 13.4 Å². The molecule has 0 radical (unpaired) electrons. The number of benzene rings is 2. The second-order valence-electron chi connectivity index (χ2n) is 4.95. The second-order valence-corrected chi connectivity index (χ2v) is 7.07. The predicted octanol–water partition coefficient (Wildman–Crippen LogP) is 4.00. The van der Waals surface area contributed by atoms with E-state index in [0.29, 0.717) is 16.2 Å². The summed E-state index contributed by atoms with van der Waals surface area (Å²) in [4.78, 5) is 4.43. The number of hydrogen-bond donors (Lipinski definition) is 1. The maximum absolute atomic E-state index is 12.5. The molecule has 3 rings (SSSR count). The standard InChI is InChI=1S/C16H13ClN2O2S/c1-11-5-7-14(8-6-11)22(20,21)19-15-4-2-3-12-9-13(17)10-18-16(12)15/h2-10,19H,1H3. The van der Waals surface area contributed by atoms with Crippen LogP contribution in [0.5, 0.6) is 0 Å². The van der Waals surface area contributed by atoms with E-state index in [1.54, 1.807) is 42.5 Å². The van der Waals surface area contributed by atoms with Gasteiger partial charge in [-0.3, -0.25) is 9.71 Å². The molecule has 1 heterocycles. The molecule has 0 atom stereocenters. The summed E-state index contributed by atoms with van der Waals surface area (Å²) in [5, 5.41) is 1.28. The minimum atomic E-state index is -3.65. The van der Waals surface area contributed by atoms with E-state index in [9.17, 15) is 8.42 Å². The van der Waals surface area contributed by atoms with Crippen molar-refractivity contribution in [1.82, 2.24) is 4.98 Å². The van der Waals surface area contributed by atoms with E-state index in [2.05, 4.69) is 9.71 Å². The Bertz CT molecular complexity index is 938. The van der Waals surface area contributed by atoms with Crippen molar-refractivity contribution in [3.8, 4) is 0 Å². The summed E-state index contributed by atoms with van der Waals surface area (Å²) in [7, 11) is -3.65. The Kier molecular flexibility index (Phi) is 3.76. The first-order chi connectivity index (χ1) is 10.5. The first kappa shape index (κ1) is 14.8. The number of aryl methyl sites for hydroxylation is 1. The molecule has 0 saturated heterocycles. The highest BCUT2D eigenvalue weighted by atomic mass is 35.5. The highest BCUT2D eigenvalue weighted by molar-refractivity contribution is 7.92.